The van der Waals surface area contributed by atoms with Crippen molar-refractivity contribution in [2.24, 2.45) is 0 Å². The summed E-state index contributed by atoms with van der Waals surface area (Å²) in [7, 11) is 1.74. The van der Waals surface area contributed by atoms with E-state index in [1.807, 2.05) is 0 Å². The molecule has 0 saturated carbocycles. The summed E-state index contributed by atoms with van der Waals surface area (Å²) in [5.74, 6) is 1.02. The second-order valence-corrected chi connectivity index (χ2v) is 4.34. The Kier molecular flexibility index (Phi) is 2.96. The Morgan fingerprint density at radius 3 is 2.40 bits per heavy atom. The number of aryl methyl sites for hydroxylation is 2. The largest absolute Gasteiger partial charge is 0.496 e. The van der Waals surface area contributed by atoms with E-state index < -0.39 is 0 Å². The molecule has 1 aliphatic heterocycles. The fourth-order valence-corrected chi connectivity index (χ4v) is 2.48. The molecule has 1 saturated heterocycles. The maximum atomic E-state index is 5.37. The van der Waals surface area contributed by atoms with Crippen molar-refractivity contribution in [3.63, 3.8) is 0 Å². The predicted molar refractivity (Wildman–Crippen MR) is 62.4 cm³/mol. The van der Waals surface area contributed by atoms with Gasteiger partial charge in [-0.1, -0.05) is 12.1 Å². The van der Waals surface area contributed by atoms with Crippen LogP contribution in [-0.4, -0.2) is 13.7 Å². The monoisotopic (exact) mass is 205 g/mol. The topological polar surface area (TPSA) is 21.3 Å². The molecule has 1 atom stereocenters. The van der Waals surface area contributed by atoms with Gasteiger partial charge in [0, 0.05) is 6.04 Å². The van der Waals surface area contributed by atoms with Crippen molar-refractivity contribution < 1.29 is 4.74 Å². The number of hydrogen-bond acceptors (Lipinski definition) is 2. The summed E-state index contributed by atoms with van der Waals surface area (Å²) in [5.41, 5.74) is 3.88. The standard InChI is InChI=1S/C13H19NO/c1-9-7-11(12-5-4-6-14-12)8-10(2)13(9)15-3/h7-8,12,14H,4-6H2,1-3H3/t12-/m1/s1. The first-order valence-corrected chi connectivity index (χ1v) is 5.61. The van der Waals surface area contributed by atoms with Crippen LogP contribution in [0.1, 0.15) is 35.6 Å². The van der Waals surface area contributed by atoms with Crippen LogP contribution >= 0.6 is 0 Å². The molecule has 0 unspecified atom stereocenters. The van der Waals surface area contributed by atoms with Crippen LogP contribution in [0.4, 0.5) is 0 Å². The van der Waals surface area contributed by atoms with Crippen LogP contribution in [-0.2, 0) is 0 Å². The molecule has 1 N–H and O–H groups in total. The summed E-state index contributed by atoms with van der Waals surface area (Å²) in [5, 5.41) is 3.52. The molecule has 1 heterocycles. The minimum Gasteiger partial charge on any atom is -0.496 e. The SMILES string of the molecule is COc1c(C)cc([C@H]2CCCN2)cc1C. The minimum atomic E-state index is 0.549. The third-order valence-electron chi connectivity index (χ3n) is 3.15. The van der Waals surface area contributed by atoms with E-state index in [2.05, 4.69) is 31.3 Å². The van der Waals surface area contributed by atoms with Crippen LogP contribution in [0.2, 0.25) is 0 Å². The molecule has 0 aliphatic carbocycles. The first-order chi connectivity index (χ1) is 7.22. The van der Waals surface area contributed by atoms with Gasteiger partial charge >= 0.3 is 0 Å². The zero-order valence-corrected chi connectivity index (χ0v) is 9.76. The summed E-state index contributed by atoms with van der Waals surface area (Å²) < 4.78 is 5.37. The normalized spacial score (nSPS) is 20.6. The Morgan fingerprint density at radius 1 is 1.27 bits per heavy atom. The van der Waals surface area contributed by atoms with Gasteiger partial charge in [-0.05, 0) is 49.9 Å². The molecule has 2 nitrogen and oxygen atoms in total. The van der Waals surface area contributed by atoms with E-state index in [1.54, 1.807) is 7.11 Å². The molecule has 1 aliphatic rings. The van der Waals surface area contributed by atoms with Gasteiger partial charge in [-0.25, -0.2) is 0 Å². The number of benzene rings is 1. The lowest BCUT2D eigenvalue weighted by atomic mass is 9.99. The molecule has 1 aromatic carbocycles. The average molecular weight is 205 g/mol. The number of ether oxygens (including phenoxy) is 1. The summed E-state index contributed by atoms with van der Waals surface area (Å²) in [6.07, 6.45) is 2.54. The number of nitrogens with one attached hydrogen (secondary N) is 1. The van der Waals surface area contributed by atoms with Crippen molar-refractivity contribution in [3.05, 3.63) is 28.8 Å². The molecule has 2 heteroatoms. The lowest BCUT2D eigenvalue weighted by Crippen LogP contribution is -2.13. The van der Waals surface area contributed by atoms with Crippen LogP contribution < -0.4 is 10.1 Å². The third kappa shape index (κ3) is 2.00. The third-order valence-corrected chi connectivity index (χ3v) is 3.15. The van der Waals surface area contributed by atoms with Gasteiger partial charge in [-0.3, -0.25) is 0 Å². The van der Waals surface area contributed by atoms with Gasteiger partial charge in [-0.2, -0.15) is 0 Å². The second kappa shape index (κ2) is 4.23. The summed E-state index contributed by atoms with van der Waals surface area (Å²) in [4.78, 5) is 0. The van der Waals surface area contributed by atoms with Crippen LogP contribution in [0.3, 0.4) is 0 Å². The number of rotatable bonds is 2. The first-order valence-electron chi connectivity index (χ1n) is 5.61. The molecule has 0 bridgehead atoms. The Hall–Kier alpha value is -1.02. The highest BCUT2D eigenvalue weighted by atomic mass is 16.5. The van der Waals surface area contributed by atoms with E-state index in [-0.39, 0.29) is 0 Å². The first kappa shape index (κ1) is 10.5. The minimum absolute atomic E-state index is 0.549. The number of hydrogen-bond donors (Lipinski definition) is 1. The van der Waals surface area contributed by atoms with Gasteiger partial charge in [0.1, 0.15) is 5.75 Å². The van der Waals surface area contributed by atoms with Crippen LogP contribution in [0.15, 0.2) is 12.1 Å². The summed E-state index contributed by atoms with van der Waals surface area (Å²) >= 11 is 0. The van der Waals surface area contributed by atoms with Crippen molar-refractivity contribution in [1.82, 2.24) is 5.32 Å². The predicted octanol–water partition coefficient (Wildman–Crippen LogP) is 2.74. The van der Waals surface area contributed by atoms with E-state index in [0.29, 0.717) is 6.04 Å². The molecule has 0 radical (unpaired) electrons. The van der Waals surface area contributed by atoms with E-state index in [4.69, 9.17) is 4.74 Å². The van der Waals surface area contributed by atoms with Crippen molar-refractivity contribution in [2.75, 3.05) is 13.7 Å². The van der Waals surface area contributed by atoms with Crippen LogP contribution in [0.5, 0.6) is 5.75 Å². The van der Waals surface area contributed by atoms with Crippen LogP contribution in [0.25, 0.3) is 0 Å². The summed E-state index contributed by atoms with van der Waals surface area (Å²) in [6.45, 7) is 5.38. The zero-order valence-electron chi connectivity index (χ0n) is 9.76. The van der Waals surface area contributed by atoms with Gasteiger partial charge in [0.15, 0.2) is 0 Å². The summed E-state index contributed by atoms with van der Waals surface area (Å²) in [6, 6.07) is 5.04. The van der Waals surface area contributed by atoms with Crippen molar-refractivity contribution in [1.29, 1.82) is 0 Å². The molecule has 1 aromatic rings. The fraction of sp³-hybridized carbons (Fsp3) is 0.538. The molecular weight excluding hydrogens is 186 g/mol. The average Bonchev–Trinajstić information content (AvgIpc) is 2.69. The molecule has 0 amide bonds. The highest BCUT2D eigenvalue weighted by Gasteiger charge is 2.17. The Bertz CT molecular complexity index is 331. The molecule has 2 rings (SSSR count). The van der Waals surface area contributed by atoms with Crippen molar-refractivity contribution in [3.8, 4) is 5.75 Å². The highest BCUT2D eigenvalue weighted by Crippen LogP contribution is 2.30. The molecular formula is C13H19NO. The van der Waals surface area contributed by atoms with E-state index in [1.165, 1.54) is 29.5 Å². The Labute approximate surface area is 91.6 Å². The molecule has 82 valence electrons. The zero-order chi connectivity index (χ0) is 10.8. The van der Waals surface area contributed by atoms with Gasteiger partial charge in [-0.15, -0.1) is 0 Å². The van der Waals surface area contributed by atoms with E-state index >= 15 is 0 Å². The molecule has 0 spiro atoms. The van der Waals surface area contributed by atoms with Gasteiger partial charge in [0.05, 0.1) is 7.11 Å². The van der Waals surface area contributed by atoms with Crippen molar-refractivity contribution >= 4 is 0 Å². The highest BCUT2D eigenvalue weighted by molar-refractivity contribution is 5.44. The van der Waals surface area contributed by atoms with Gasteiger partial charge in [0.2, 0.25) is 0 Å². The van der Waals surface area contributed by atoms with Gasteiger partial charge < -0.3 is 10.1 Å². The Morgan fingerprint density at radius 2 is 1.93 bits per heavy atom. The Balaban J connectivity index is 2.33. The van der Waals surface area contributed by atoms with Crippen LogP contribution in [0, 0.1) is 13.8 Å². The molecule has 15 heavy (non-hydrogen) atoms. The lowest BCUT2D eigenvalue weighted by molar-refractivity contribution is 0.408. The number of methoxy groups -OCH3 is 1. The quantitative estimate of drug-likeness (QED) is 0.801. The second-order valence-electron chi connectivity index (χ2n) is 4.34. The maximum Gasteiger partial charge on any atom is 0.124 e. The maximum absolute atomic E-state index is 5.37. The van der Waals surface area contributed by atoms with E-state index in [0.717, 1.165) is 12.3 Å². The van der Waals surface area contributed by atoms with Gasteiger partial charge in [0.25, 0.3) is 0 Å². The molecule has 0 aromatic heterocycles. The molecule has 1 fully saturated rings. The lowest BCUT2D eigenvalue weighted by Gasteiger charge is -2.15. The van der Waals surface area contributed by atoms with E-state index in [9.17, 15) is 0 Å². The van der Waals surface area contributed by atoms with Crippen molar-refractivity contribution in [2.45, 2.75) is 32.7 Å². The fourth-order valence-electron chi connectivity index (χ4n) is 2.48. The smallest absolute Gasteiger partial charge is 0.124 e.